The maximum absolute atomic E-state index is 13.4. The van der Waals surface area contributed by atoms with Gasteiger partial charge in [0, 0.05) is 10.6 Å². The Morgan fingerprint density at radius 1 is 0.905 bits per heavy atom. The highest BCUT2D eigenvalue weighted by atomic mass is 35.5. The minimum atomic E-state index is -0.856. The summed E-state index contributed by atoms with van der Waals surface area (Å²) in [7, 11) is 0. The quantitative estimate of drug-likeness (QED) is 0.838. The number of hydrogen-bond acceptors (Lipinski definition) is 2. The van der Waals surface area contributed by atoms with E-state index < -0.39 is 23.4 Å². The van der Waals surface area contributed by atoms with E-state index in [0.717, 1.165) is 24.3 Å². The van der Waals surface area contributed by atoms with Crippen molar-refractivity contribution in [2.45, 2.75) is 0 Å². The molecule has 0 unspecified atom stereocenters. The van der Waals surface area contributed by atoms with Crippen molar-refractivity contribution in [3.63, 3.8) is 0 Å². The first-order valence-electron chi connectivity index (χ1n) is 5.78. The number of rotatable bonds is 2. The van der Waals surface area contributed by atoms with E-state index in [2.05, 4.69) is 5.43 Å². The fourth-order valence-electron chi connectivity index (χ4n) is 1.53. The summed E-state index contributed by atoms with van der Waals surface area (Å²) in [5.74, 6) is -2.78. The third-order valence-corrected chi connectivity index (χ3v) is 2.80. The lowest BCUT2D eigenvalue weighted by atomic mass is 10.2. The molecule has 0 spiro atoms. The molecule has 0 fully saturated rings. The molecule has 0 heterocycles. The van der Waals surface area contributed by atoms with Gasteiger partial charge < -0.3 is 0 Å². The van der Waals surface area contributed by atoms with Crippen LogP contribution in [0.1, 0.15) is 20.7 Å². The number of hydrogen-bond donors (Lipinski definition) is 2. The predicted molar refractivity (Wildman–Crippen MR) is 72.7 cm³/mol. The van der Waals surface area contributed by atoms with Crippen LogP contribution in [0.25, 0.3) is 0 Å². The molecule has 0 aliphatic rings. The molecule has 2 N–H and O–H groups in total. The largest absolute Gasteiger partial charge is 0.272 e. The fourth-order valence-corrected chi connectivity index (χ4v) is 1.70. The Hall–Kier alpha value is -2.47. The van der Waals surface area contributed by atoms with Crippen molar-refractivity contribution in [2.75, 3.05) is 0 Å². The van der Waals surface area contributed by atoms with E-state index in [1.165, 1.54) is 18.2 Å². The number of amides is 2. The minimum absolute atomic E-state index is 0.142. The number of carbonyl (C=O) groups excluding carboxylic acids is 2. The van der Waals surface area contributed by atoms with E-state index in [0.29, 0.717) is 0 Å². The van der Waals surface area contributed by atoms with Gasteiger partial charge in [-0.25, -0.2) is 8.78 Å². The summed E-state index contributed by atoms with van der Waals surface area (Å²) in [5.41, 5.74) is 3.98. The van der Waals surface area contributed by atoms with Gasteiger partial charge in [0.25, 0.3) is 11.8 Å². The first-order valence-corrected chi connectivity index (χ1v) is 6.16. The lowest BCUT2D eigenvalue weighted by Crippen LogP contribution is -2.41. The van der Waals surface area contributed by atoms with Crippen LogP contribution in [0.3, 0.4) is 0 Å². The zero-order valence-electron chi connectivity index (χ0n) is 10.5. The van der Waals surface area contributed by atoms with Gasteiger partial charge >= 0.3 is 0 Å². The molecule has 0 bridgehead atoms. The molecule has 7 heteroatoms. The molecule has 0 saturated heterocycles. The van der Waals surface area contributed by atoms with Crippen LogP contribution < -0.4 is 10.9 Å². The summed E-state index contributed by atoms with van der Waals surface area (Å²) in [6.07, 6.45) is 0. The Morgan fingerprint density at radius 3 is 2.19 bits per heavy atom. The summed E-state index contributed by atoms with van der Waals surface area (Å²) in [6, 6.07) is 8.18. The average molecular weight is 311 g/mol. The Morgan fingerprint density at radius 2 is 1.52 bits per heavy atom. The summed E-state index contributed by atoms with van der Waals surface area (Å²) in [6.45, 7) is 0. The van der Waals surface area contributed by atoms with Gasteiger partial charge in [-0.15, -0.1) is 0 Å². The van der Waals surface area contributed by atoms with Crippen LogP contribution in [-0.4, -0.2) is 11.8 Å². The summed E-state index contributed by atoms with van der Waals surface area (Å²) in [4.78, 5) is 23.4. The van der Waals surface area contributed by atoms with Gasteiger partial charge in [-0.05, 0) is 42.5 Å². The van der Waals surface area contributed by atoms with Crippen LogP contribution in [0.4, 0.5) is 8.78 Å². The van der Waals surface area contributed by atoms with Crippen LogP contribution in [-0.2, 0) is 0 Å². The summed E-state index contributed by atoms with van der Waals surface area (Å²) < 4.78 is 26.2. The number of carbonyl (C=O) groups is 2. The smallest absolute Gasteiger partial charge is 0.267 e. The Labute approximate surface area is 123 Å². The third-order valence-electron chi connectivity index (χ3n) is 2.57. The van der Waals surface area contributed by atoms with Gasteiger partial charge in [0.15, 0.2) is 0 Å². The molecule has 2 rings (SSSR count). The van der Waals surface area contributed by atoms with Crippen molar-refractivity contribution in [2.24, 2.45) is 0 Å². The van der Waals surface area contributed by atoms with Crippen molar-refractivity contribution in [3.05, 3.63) is 70.2 Å². The van der Waals surface area contributed by atoms with Crippen molar-refractivity contribution in [3.8, 4) is 0 Å². The lowest BCUT2D eigenvalue weighted by molar-refractivity contribution is 0.0844. The lowest BCUT2D eigenvalue weighted by Gasteiger charge is -2.08. The molecule has 4 nitrogen and oxygen atoms in total. The zero-order valence-corrected chi connectivity index (χ0v) is 11.2. The van der Waals surface area contributed by atoms with Gasteiger partial charge in [-0.2, -0.15) is 0 Å². The molecule has 0 radical (unpaired) electrons. The molecule has 0 aromatic heterocycles. The van der Waals surface area contributed by atoms with Crippen molar-refractivity contribution in [1.82, 2.24) is 10.9 Å². The topological polar surface area (TPSA) is 58.2 Å². The Bertz CT molecular complexity index is 690. The standard InChI is InChI=1S/C14H9ClF2N2O2/c15-9-3-6-12(17)11(7-9)14(21)19-18-13(20)8-1-4-10(16)5-2-8/h1-7H,(H,18,20)(H,19,21). The molecule has 0 atom stereocenters. The Kier molecular flexibility index (Phi) is 4.49. The van der Waals surface area contributed by atoms with Crippen molar-refractivity contribution >= 4 is 23.4 Å². The van der Waals surface area contributed by atoms with E-state index in [4.69, 9.17) is 11.6 Å². The molecule has 21 heavy (non-hydrogen) atoms. The monoisotopic (exact) mass is 310 g/mol. The van der Waals surface area contributed by atoms with E-state index in [-0.39, 0.29) is 16.1 Å². The molecule has 108 valence electrons. The van der Waals surface area contributed by atoms with Crippen LogP contribution >= 0.6 is 11.6 Å². The Balaban J connectivity index is 2.02. The fraction of sp³-hybridized carbons (Fsp3) is 0. The van der Waals surface area contributed by atoms with Crippen LogP contribution in [0.2, 0.25) is 5.02 Å². The maximum atomic E-state index is 13.4. The first kappa shape index (κ1) is 14.9. The van der Waals surface area contributed by atoms with Gasteiger partial charge in [0.2, 0.25) is 0 Å². The van der Waals surface area contributed by atoms with Gasteiger partial charge in [0.05, 0.1) is 5.56 Å². The molecule has 2 aromatic rings. The summed E-state index contributed by atoms with van der Waals surface area (Å²) >= 11 is 5.66. The van der Waals surface area contributed by atoms with Crippen molar-refractivity contribution in [1.29, 1.82) is 0 Å². The molecule has 2 amide bonds. The highest BCUT2D eigenvalue weighted by Crippen LogP contribution is 2.14. The van der Waals surface area contributed by atoms with E-state index in [9.17, 15) is 18.4 Å². The van der Waals surface area contributed by atoms with Crippen LogP contribution in [0, 0.1) is 11.6 Å². The maximum Gasteiger partial charge on any atom is 0.272 e. The number of nitrogens with one attached hydrogen (secondary N) is 2. The molecule has 2 aromatic carbocycles. The first-order chi connectivity index (χ1) is 9.97. The predicted octanol–water partition coefficient (Wildman–Crippen LogP) is 2.69. The molecule has 0 aliphatic heterocycles. The highest BCUT2D eigenvalue weighted by molar-refractivity contribution is 6.31. The number of hydrazine groups is 1. The van der Waals surface area contributed by atoms with Crippen molar-refractivity contribution < 1.29 is 18.4 Å². The average Bonchev–Trinajstić information content (AvgIpc) is 2.47. The van der Waals surface area contributed by atoms with Crippen LogP contribution in [0.5, 0.6) is 0 Å². The number of halogens is 3. The third kappa shape index (κ3) is 3.76. The SMILES string of the molecule is O=C(NNC(=O)c1cc(Cl)ccc1F)c1ccc(F)cc1. The minimum Gasteiger partial charge on any atom is -0.267 e. The van der Waals surface area contributed by atoms with E-state index in [1.54, 1.807) is 0 Å². The van der Waals surface area contributed by atoms with Gasteiger partial charge in [-0.1, -0.05) is 11.6 Å². The molecular formula is C14H9ClF2N2O2. The second-order valence-electron chi connectivity index (χ2n) is 4.04. The summed E-state index contributed by atoms with van der Waals surface area (Å²) in [5, 5.41) is 0.186. The second-order valence-corrected chi connectivity index (χ2v) is 4.48. The molecule has 0 saturated carbocycles. The molecule has 0 aliphatic carbocycles. The number of benzene rings is 2. The highest BCUT2D eigenvalue weighted by Gasteiger charge is 2.13. The van der Waals surface area contributed by atoms with Crippen LogP contribution in [0.15, 0.2) is 42.5 Å². The van der Waals surface area contributed by atoms with Gasteiger partial charge in [-0.3, -0.25) is 20.4 Å². The molecular weight excluding hydrogens is 302 g/mol. The van der Waals surface area contributed by atoms with Gasteiger partial charge in [0.1, 0.15) is 11.6 Å². The second kappa shape index (κ2) is 6.32. The zero-order chi connectivity index (χ0) is 15.4. The normalized spacial score (nSPS) is 10.0. The van der Waals surface area contributed by atoms with E-state index in [1.807, 2.05) is 5.43 Å². The van der Waals surface area contributed by atoms with E-state index >= 15 is 0 Å².